The highest BCUT2D eigenvalue weighted by Gasteiger charge is 2.21. The smallest absolute Gasteiger partial charge is 0.254 e. The van der Waals surface area contributed by atoms with Gasteiger partial charge < -0.3 is 9.47 Å². The zero-order valence-corrected chi connectivity index (χ0v) is 16.1. The molecule has 3 rings (SSSR count). The van der Waals surface area contributed by atoms with Crippen LogP contribution in [0.4, 0.5) is 4.39 Å². The van der Waals surface area contributed by atoms with E-state index < -0.39 is 5.82 Å². The van der Waals surface area contributed by atoms with Gasteiger partial charge in [-0.3, -0.25) is 4.79 Å². The molecule has 0 spiro atoms. The van der Waals surface area contributed by atoms with Crippen molar-refractivity contribution in [2.24, 2.45) is 0 Å². The second-order valence-corrected chi connectivity index (χ2v) is 6.71. The first-order valence-corrected chi connectivity index (χ1v) is 9.40. The summed E-state index contributed by atoms with van der Waals surface area (Å²) in [7, 11) is 0. The molecule has 0 atom stereocenters. The van der Waals surface area contributed by atoms with E-state index in [0.29, 0.717) is 18.7 Å². The van der Waals surface area contributed by atoms with E-state index in [4.69, 9.17) is 4.98 Å². The van der Waals surface area contributed by atoms with Crippen molar-refractivity contribution < 1.29 is 9.18 Å². The molecule has 5 nitrogen and oxygen atoms in total. The van der Waals surface area contributed by atoms with Crippen molar-refractivity contribution in [3.05, 3.63) is 59.3 Å². The number of imidazole rings is 1. The first-order chi connectivity index (χ1) is 13.0. The number of nitrogens with zero attached hydrogens (tertiary/aromatic N) is 4. The van der Waals surface area contributed by atoms with Crippen LogP contribution in [-0.4, -0.2) is 31.9 Å². The average molecular weight is 368 g/mol. The molecule has 0 aliphatic carbocycles. The first kappa shape index (κ1) is 19.0. The number of amides is 1. The van der Waals surface area contributed by atoms with Crippen LogP contribution in [0.3, 0.4) is 0 Å². The van der Waals surface area contributed by atoms with Crippen molar-refractivity contribution in [3.63, 3.8) is 0 Å². The molecule has 6 heteroatoms. The van der Waals surface area contributed by atoms with Crippen molar-refractivity contribution in [1.29, 1.82) is 0 Å². The van der Waals surface area contributed by atoms with Crippen LogP contribution < -0.4 is 0 Å². The van der Waals surface area contributed by atoms with Gasteiger partial charge in [0.25, 0.3) is 5.91 Å². The van der Waals surface area contributed by atoms with Crippen molar-refractivity contribution in [2.75, 3.05) is 6.54 Å². The van der Waals surface area contributed by atoms with E-state index in [-0.39, 0.29) is 5.91 Å². The molecular formula is C21H25FN4O. The second-order valence-electron chi connectivity index (χ2n) is 6.71. The van der Waals surface area contributed by atoms with Gasteiger partial charge in [-0.15, -0.1) is 0 Å². The van der Waals surface area contributed by atoms with Crippen LogP contribution in [0.15, 0.2) is 36.5 Å². The van der Waals surface area contributed by atoms with Gasteiger partial charge in [0, 0.05) is 24.8 Å². The van der Waals surface area contributed by atoms with E-state index >= 15 is 0 Å². The van der Waals surface area contributed by atoms with Crippen molar-refractivity contribution in [1.82, 2.24) is 19.4 Å². The maximum absolute atomic E-state index is 13.7. The van der Waals surface area contributed by atoms with E-state index in [1.807, 2.05) is 26.0 Å². The summed E-state index contributed by atoms with van der Waals surface area (Å²) in [5.74, 6) is 0.237. The second kappa shape index (κ2) is 8.29. The van der Waals surface area contributed by atoms with E-state index in [2.05, 4.69) is 16.5 Å². The van der Waals surface area contributed by atoms with Gasteiger partial charge in [0.2, 0.25) is 0 Å². The van der Waals surface area contributed by atoms with E-state index in [1.54, 1.807) is 17.2 Å². The molecule has 0 aliphatic heterocycles. The number of rotatable bonds is 7. The monoisotopic (exact) mass is 368 g/mol. The molecule has 0 saturated carbocycles. The van der Waals surface area contributed by atoms with Gasteiger partial charge >= 0.3 is 0 Å². The molecule has 0 aliphatic rings. The molecule has 0 radical (unpaired) electrons. The minimum Gasteiger partial charge on any atom is -0.331 e. The number of hydrogen-bond donors (Lipinski definition) is 0. The summed E-state index contributed by atoms with van der Waals surface area (Å²) in [6, 6.07) is 8.13. The Kier molecular flexibility index (Phi) is 5.84. The van der Waals surface area contributed by atoms with Crippen molar-refractivity contribution in [2.45, 2.75) is 46.7 Å². The normalized spacial score (nSPS) is 11.1. The molecule has 0 saturated heterocycles. The summed E-state index contributed by atoms with van der Waals surface area (Å²) in [6.07, 6.45) is 3.51. The van der Waals surface area contributed by atoms with Gasteiger partial charge in [-0.05, 0) is 49.6 Å². The van der Waals surface area contributed by atoms with Crippen LogP contribution in [0.1, 0.15) is 48.4 Å². The maximum atomic E-state index is 13.7. The highest BCUT2D eigenvalue weighted by Crippen LogP contribution is 2.19. The maximum Gasteiger partial charge on any atom is 0.254 e. The highest BCUT2D eigenvalue weighted by atomic mass is 19.1. The number of benzene rings is 1. The van der Waals surface area contributed by atoms with Crippen molar-refractivity contribution in [3.8, 4) is 0 Å². The Bertz CT molecular complexity index is 951. The molecule has 2 heterocycles. The van der Waals surface area contributed by atoms with Crippen molar-refractivity contribution >= 4 is 17.1 Å². The van der Waals surface area contributed by atoms with Crippen LogP contribution in [0.5, 0.6) is 0 Å². The summed E-state index contributed by atoms with van der Waals surface area (Å²) >= 11 is 0. The van der Waals surface area contributed by atoms with E-state index in [1.165, 1.54) is 12.1 Å². The fourth-order valence-electron chi connectivity index (χ4n) is 3.27. The molecule has 2 aromatic heterocycles. The Labute approximate surface area is 158 Å². The topological polar surface area (TPSA) is 51.0 Å². The summed E-state index contributed by atoms with van der Waals surface area (Å²) in [6.45, 7) is 7.69. The Morgan fingerprint density at radius 1 is 1.22 bits per heavy atom. The fourth-order valence-corrected chi connectivity index (χ4v) is 3.27. The number of hydrogen-bond acceptors (Lipinski definition) is 3. The number of carbonyl (C=O) groups is 1. The van der Waals surface area contributed by atoms with Crippen LogP contribution in [0.2, 0.25) is 0 Å². The highest BCUT2D eigenvalue weighted by molar-refractivity contribution is 5.95. The number of pyridine rings is 1. The lowest BCUT2D eigenvalue weighted by Gasteiger charge is -2.23. The number of halogens is 1. The quantitative estimate of drug-likeness (QED) is 0.623. The van der Waals surface area contributed by atoms with E-state index in [9.17, 15) is 9.18 Å². The predicted octanol–water partition coefficient (Wildman–Crippen LogP) is 4.34. The molecule has 0 fully saturated rings. The summed E-state index contributed by atoms with van der Waals surface area (Å²) < 4.78 is 15.8. The van der Waals surface area contributed by atoms with Gasteiger partial charge in [0.15, 0.2) is 5.65 Å². The van der Waals surface area contributed by atoms with Crippen LogP contribution in [0.25, 0.3) is 11.2 Å². The molecule has 0 N–H and O–H groups in total. The first-order valence-electron chi connectivity index (χ1n) is 9.40. The molecule has 0 unspecified atom stereocenters. The summed E-state index contributed by atoms with van der Waals surface area (Å²) in [5, 5.41) is 0. The molecule has 27 heavy (non-hydrogen) atoms. The third-order valence-corrected chi connectivity index (χ3v) is 4.57. The van der Waals surface area contributed by atoms with Crippen LogP contribution in [0, 0.1) is 12.7 Å². The average Bonchev–Trinajstić information content (AvgIpc) is 3.00. The lowest BCUT2D eigenvalue weighted by Crippen LogP contribution is -2.33. The lowest BCUT2D eigenvalue weighted by molar-refractivity contribution is 0.0736. The standard InChI is InChI=1S/C21H25FN4O/c1-4-11-25(21(27)17-13-16(22)9-8-15(17)3)14-19-24-18-7-6-10-23-20(18)26(19)12-5-2/h6-10,13H,4-5,11-12,14H2,1-3H3. The largest absolute Gasteiger partial charge is 0.331 e. The fraction of sp³-hybridized carbons (Fsp3) is 0.381. The molecular weight excluding hydrogens is 343 g/mol. The van der Waals surface area contributed by atoms with Gasteiger partial charge in [0.05, 0.1) is 6.54 Å². The van der Waals surface area contributed by atoms with Crippen LogP contribution in [-0.2, 0) is 13.1 Å². The summed E-state index contributed by atoms with van der Waals surface area (Å²) in [5.41, 5.74) is 2.83. The number of aryl methyl sites for hydroxylation is 2. The third kappa shape index (κ3) is 3.99. The molecule has 1 aromatic carbocycles. The number of fused-ring (bicyclic) bond motifs is 1. The Morgan fingerprint density at radius 3 is 2.78 bits per heavy atom. The Morgan fingerprint density at radius 2 is 2.04 bits per heavy atom. The Hall–Kier alpha value is -2.76. The van der Waals surface area contributed by atoms with Gasteiger partial charge in [0.1, 0.15) is 17.2 Å². The zero-order valence-electron chi connectivity index (χ0n) is 16.1. The SMILES string of the molecule is CCCN(Cc1nc2cccnc2n1CCC)C(=O)c1cc(F)ccc1C. The molecule has 1 amide bonds. The summed E-state index contributed by atoms with van der Waals surface area (Å²) in [4.78, 5) is 24.0. The van der Waals surface area contributed by atoms with Gasteiger partial charge in [-0.25, -0.2) is 14.4 Å². The Balaban J connectivity index is 1.97. The molecule has 0 bridgehead atoms. The number of carbonyl (C=O) groups excluding carboxylic acids is 1. The number of aromatic nitrogens is 3. The van der Waals surface area contributed by atoms with Crippen LogP contribution >= 0.6 is 0 Å². The molecule has 142 valence electrons. The van der Waals surface area contributed by atoms with Gasteiger partial charge in [-0.1, -0.05) is 19.9 Å². The van der Waals surface area contributed by atoms with E-state index in [0.717, 1.165) is 41.9 Å². The predicted molar refractivity (Wildman–Crippen MR) is 104 cm³/mol. The minimum absolute atomic E-state index is 0.170. The third-order valence-electron chi connectivity index (χ3n) is 4.57. The lowest BCUT2D eigenvalue weighted by atomic mass is 10.1. The minimum atomic E-state index is -0.400. The molecule has 3 aromatic rings. The zero-order chi connectivity index (χ0) is 19.4. The van der Waals surface area contributed by atoms with Gasteiger partial charge in [-0.2, -0.15) is 0 Å².